The summed E-state index contributed by atoms with van der Waals surface area (Å²) in [6.45, 7) is 7.56. The van der Waals surface area contributed by atoms with Gasteiger partial charge in [0.25, 0.3) is 0 Å². The first-order valence-electron chi connectivity index (χ1n) is 8.61. The molecule has 2 atom stereocenters. The normalized spacial score (nSPS) is 18.0. The number of nitrogens with two attached hydrogens (primary N) is 1. The molecule has 1 aliphatic heterocycles. The molecule has 2 rings (SSSR count). The number of hydrogen-bond donors (Lipinski definition) is 2. The van der Waals surface area contributed by atoms with Gasteiger partial charge in [-0.1, -0.05) is 37.3 Å². The number of nitrogens with one attached hydrogen (secondary N) is 1. The molecule has 0 aliphatic carbocycles. The highest BCUT2D eigenvalue weighted by Crippen LogP contribution is 2.21. The standard InChI is InChI=1S/C18H28N4O2/c1-3-20-16(23)13-21-9-11-22(12-10-21)18(24)14(2)17(19)15-7-5-4-6-8-15/h4-8,14,17H,3,9-13,19H2,1-2H3,(H,20,23). The number of rotatable bonds is 6. The van der Waals surface area contributed by atoms with E-state index in [1.165, 1.54) is 0 Å². The maximum atomic E-state index is 12.7. The Labute approximate surface area is 144 Å². The number of piperazine rings is 1. The maximum absolute atomic E-state index is 12.7. The van der Waals surface area contributed by atoms with Crippen LogP contribution >= 0.6 is 0 Å². The lowest BCUT2D eigenvalue weighted by Gasteiger charge is -2.36. The van der Waals surface area contributed by atoms with Gasteiger partial charge in [-0.25, -0.2) is 0 Å². The zero-order valence-electron chi connectivity index (χ0n) is 14.6. The smallest absolute Gasteiger partial charge is 0.234 e. The van der Waals surface area contributed by atoms with Crippen molar-refractivity contribution in [3.63, 3.8) is 0 Å². The van der Waals surface area contributed by atoms with Crippen LogP contribution in [0, 0.1) is 5.92 Å². The van der Waals surface area contributed by atoms with Gasteiger partial charge in [-0.05, 0) is 12.5 Å². The Bertz CT molecular complexity index is 541. The molecule has 0 aromatic heterocycles. The van der Waals surface area contributed by atoms with Gasteiger partial charge in [0.15, 0.2) is 0 Å². The molecule has 6 nitrogen and oxygen atoms in total. The van der Waals surface area contributed by atoms with Crippen molar-refractivity contribution >= 4 is 11.8 Å². The van der Waals surface area contributed by atoms with E-state index < -0.39 is 0 Å². The largest absolute Gasteiger partial charge is 0.355 e. The van der Waals surface area contributed by atoms with Gasteiger partial charge in [-0.2, -0.15) is 0 Å². The Morgan fingerprint density at radius 1 is 1.17 bits per heavy atom. The number of amides is 2. The first-order chi connectivity index (χ1) is 11.5. The Kier molecular flexibility index (Phi) is 6.75. The van der Waals surface area contributed by atoms with Crippen LogP contribution in [0.2, 0.25) is 0 Å². The molecule has 24 heavy (non-hydrogen) atoms. The van der Waals surface area contributed by atoms with Crippen LogP contribution < -0.4 is 11.1 Å². The van der Waals surface area contributed by atoms with Gasteiger partial charge >= 0.3 is 0 Å². The Morgan fingerprint density at radius 2 is 1.79 bits per heavy atom. The SMILES string of the molecule is CCNC(=O)CN1CCN(C(=O)C(C)C(N)c2ccccc2)CC1. The minimum Gasteiger partial charge on any atom is -0.355 e. The van der Waals surface area contributed by atoms with E-state index in [4.69, 9.17) is 5.73 Å². The van der Waals surface area contributed by atoms with Gasteiger partial charge in [-0.3, -0.25) is 14.5 Å². The second-order valence-electron chi connectivity index (χ2n) is 6.28. The fourth-order valence-electron chi connectivity index (χ4n) is 2.99. The molecule has 1 aliphatic rings. The highest BCUT2D eigenvalue weighted by molar-refractivity contribution is 5.80. The minimum atomic E-state index is -0.299. The van der Waals surface area contributed by atoms with E-state index in [0.717, 1.165) is 18.7 Å². The molecule has 2 amide bonds. The molecule has 1 saturated heterocycles. The van der Waals surface area contributed by atoms with Gasteiger partial charge in [-0.15, -0.1) is 0 Å². The molecule has 0 saturated carbocycles. The van der Waals surface area contributed by atoms with Gasteiger partial charge in [0.1, 0.15) is 0 Å². The van der Waals surface area contributed by atoms with Crippen molar-refractivity contribution in [1.29, 1.82) is 0 Å². The zero-order valence-corrected chi connectivity index (χ0v) is 14.6. The number of benzene rings is 1. The van der Waals surface area contributed by atoms with Crippen LogP contribution in [0.1, 0.15) is 25.5 Å². The van der Waals surface area contributed by atoms with Crippen molar-refractivity contribution in [3.8, 4) is 0 Å². The second kappa shape index (κ2) is 8.80. The molecular weight excluding hydrogens is 304 g/mol. The van der Waals surface area contributed by atoms with E-state index in [1.54, 1.807) is 0 Å². The molecule has 132 valence electrons. The van der Waals surface area contributed by atoms with Crippen LogP contribution in [0.5, 0.6) is 0 Å². The van der Waals surface area contributed by atoms with E-state index in [-0.39, 0.29) is 23.8 Å². The van der Waals surface area contributed by atoms with E-state index in [9.17, 15) is 9.59 Å². The Morgan fingerprint density at radius 3 is 2.38 bits per heavy atom. The molecule has 0 spiro atoms. The topological polar surface area (TPSA) is 78.7 Å². The van der Waals surface area contributed by atoms with Gasteiger partial charge < -0.3 is 16.0 Å². The average Bonchev–Trinajstić information content (AvgIpc) is 2.61. The predicted molar refractivity (Wildman–Crippen MR) is 94.2 cm³/mol. The van der Waals surface area contributed by atoms with Crippen LogP contribution in [0.15, 0.2) is 30.3 Å². The zero-order chi connectivity index (χ0) is 17.5. The molecule has 1 heterocycles. The van der Waals surface area contributed by atoms with Crippen LogP contribution in [0.4, 0.5) is 0 Å². The second-order valence-corrected chi connectivity index (χ2v) is 6.28. The number of carbonyl (C=O) groups excluding carboxylic acids is 2. The summed E-state index contributed by atoms with van der Waals surface area (Å²) in [5.74, 6) is -0.136. The Balaban J connectivity index is 1.85. The summed E-state index contributed by atoms with van der Waals surface area (Å²) in [4.78, 5) is 28.3. The lowest BCUT2D eigenvalue weighted by Crippen LogP contribution is -2.52. The summed E-state index contributed by atoms with van der Waals surface area (Å²) in [6.07, 6.45) is 0. The first-order valence-corrected chi connectivity index (χ1v) is 8.61. The average molecular weight is 332 g/mol. The first kappa shape index (κ1) is 18.4. The van der Waals surface area contributed by atoms with Gasteiger partial charge in [0, 0.05) is 38.8 Å². The quantitative estimate of drug-likeness (QED) is 0.800. The molecule has 1 aromatic rings. The Hall–Kier alpha value is -1.92. The third-order valence-corrected chi connectivity index (χ3v) is 4.54. The van der Waals surface area contributed by atoms with Crippen molar-refractivity contribution in [1.82, 2.24) is 15.1 Å². The highest BCUT2D eigenvalue weighted by atomic mass is 16.2. The maximum Gasteiger partial charge on any atom is 0.234 e. The lowest BCUT2D eigenvalue weighted by molar-refractivity contribution is -0.137. The molecule has 0 bridgehead atoms. The van der Waals surface area contributed by atoms with Crippen LogP contribution in [0.3, 0.4) is 0 Å². The molecule has 6 heteroatoms. The number of likely N-dealkylation sites (N-methyl/N-ethyl adjacent to an activating group) is 1. The van der Waals surface area contributed by atoms with Crippen molar-refractivity contribution in [2.75, 3.05) is 39.3 Å². The van der Waals surface area contributed by atoms with Gasteiger partial charge in [0.05, 0.1) is 12.5 Å². The van der Waals surface area contributed by atoms with E-state index >= 15 is 0 Å². The third kappa shape index (κ3) is 4.79. The fourth-order valence-corrected chi connectivity index (χ4v) is 2.99. The van der Waals surface area contributed by atoms with Crippen molar-refractivity contribution in [2.24, 2.45) is 11.7 Å². The van der Waals surface area contributed by atoms with E-state index in [2.05, 4.69) is 10.2 Å². The van der Waals surface area contributed by atoms with Crippen LogP contribution in [0.25, 0.3) is 0 Å². The van der Waals surface area contributed by atoms with Crippen LogP contribution in [-0.4, -0.2) is 60.9 Å². The third-order valence-electron chi connectivity index (χ3n) is 4.54. The van der Waals surface area contributed by atoms with Crippen molar-refractivity contribution in [2.45, 2.75) is 19.9 Å². The summed E-state index contributed by atoms with van der Waals surface area (Å²) < 4.78 is 0. The summed E-state index contributed by atoms with van der Waals surface area (Å²) in [7, 11) is 0. The van der Waals surface area contributed by atoms with Crippen molar-refractivity contribution < 1.29 is 9.59 Å². The van der Waals surface area contributed by atoms with Crippen LogP contribution in [-0.2, 0) is 9.59 Å². The highest BCUT2D eigenvalue weighted by Gasteiger charge is 2.29. The molecule has 2 unspecified atom stereocenters. The fraction of sp³-hybridized carbons (Fsp3) is 0.556. The van der Waals surface area contributed by atoms with E-state index in [0.29, 0.717) is 26.2 Å². The van der Waals surface area contributed by atoms with E-state index in [1.807, 2.05) is 49.1 Å². The van der Waals surface area contributed by atoms with Crippen molar-refractivity contribution in [3.05, 3.63) is 35.9 Å². The minimum absolute atomic E-state index is 0.0387. The predicted octanol–water partition coefficient (Wildman–Crippen LogP) is 0.603. The lowest BCUT2D eigenvalue weighted by atomic mass is 9.94. The van der Waals surface area contributed by atoms with Gasteiger partial charge in [0.2, 0.25) is 11.8 Å². The number of nitrogens with zero attached hydrogens (tertiary/aromatic N) is 2. The molecule has 1 fully saturated rings. The number of carbonyl (C=O) groups is 2. The number of hydrogen-bond acceptors (Lipinski definition) is 4. The molecular formula is C18H28N4O2. The summed E-state index contributed by atoms with van der Waals surface area (Å²) in [5, 5.41) is 2.80. The summed E-state index contributed by atoms with van der Waals surface area (Å²) in [5.41, 5.74) is 7.24. The summed E-state index contributed by atoms with van der Waals surface area (Å²) in [6, 6.07) is 9.43. The summed E-state index contributed by atoms with van der Waals surface area (Å²) >= 11 is 0. The molecule has 1 aromatic carbocycles. The molecule has 3 N–H and O–H groups in total. The monoisotopic (exact) mass is 332 g/mol. The molecule has 0 radical (unpaired) electrons.